The van der Waals surface area contributed by atoms with Crippen LogP contribution in [-0.4, -0.2) is 22.4 Å². The van der Waals surface area contributed by atoms with Gasteiger partial charge in [0, 0.05) is 22.0 Å². The Balaban J connectivity index is 2.12. The molecule has 2 rings (SSSR count). The van der Waals surface area contributed by atoms with Crippen molar-refractivity contribution in [3.05, 3.63) is 51.7 Å². The molecule has 1 amide bonds. The van der Waals surface area contributed by atoms with Gasteiger partial charge < -0.3 is 5.32 Å². The Morgan fingerprint density at radius 1 is 1.36 bits per heavy atom. The molecule has 0 atom stereocenters. The first-order chi connectivity index (χ1) is 11.8. The quantitative estimate of drug-likeness (QED) is 0.628. The van der Waals surface area contributed by atoms with Crippen molar-refractivity contribution in [3.63, 3.8) is 0 Å². The van der Waals surface area contributed by atoms with Crippen molar-refractivity contribution >= 4 is 40.7 Å². The van der Waals surface area contributed by atoms with E-state index in [1.165, 1.54) is 13.0 Å². The molecule has 5 nitrogen and oxygen atoms in total. The van der Waals surface area contributed by atoms with Crippen LogP contribution in [-0.2, 0) is 4.79 Å². The molecule has 25 heavy (non-hydrogen) atoms. The summed E-state index contributed by atoms with van der Waals surface area (Å²) in [5.41, 5.74) is 2.68. The molecule has 0 saturated carbocycles. The van der Waals surface area contributed by atoms with E-state index < -0.39 is 0 Å². The number of carbonyl (C=O) groups is 2. The number of rotatable bonds is 5. The van der Waals surface area contributed by atoms with E-state index in [2.05, 4.69) is 10.3 Å². The van der Waals surface area contributed by atoms with E-state index in [9.17, 15) is 14.9 Å². The molecule has 0 bridgehead atoms. The summed E-state index contributed by atoms with van der Waals surface area (Å²) in [5.74, 6) is -0.284. The summed E-state index contributed by atoms with van der Waals surface area (Å²) >= 11 is 7.19. The molecular weight excluding hydrogens is 358 g/mol. The van der Waals surface area contributed by atoms with E-state index in [1.54, 1.807) is 25.1 Å². The maximum absolute atomic E-state index is 12.2. The third kappa shape index (κ3) is 4.59. The zero-order valence-electron chi connectivity index (χ0n) is 14.0. The van der Waals surface area contributed by atoms with Gasteiger partial charge in [-0.3, -0.25) is 9.59 Å². The minimum atomic E-state index is -0.227. The zero-order valence-corrected chi connectivity index (χ0v) is 15.6. The number of Topliss-reactive ketones (excluding diaryl/α,β-unsaturated/α-hetero) is 1. The molecule has 0 fully saturated rings. The van der Waals surface area contributed by atoms with Gasteiger partial charge in [0.15, 0.2) is 5.78 Å². The van der Waals surface area contributed by atoms with Crippen LogP contribution in [0.25, 0.3) is 0 Å². The van der Waals surface area contributed by atoms with E-state index >= 15 is 0 Å². The Morgan fingerprint density at radius 3 is 2.72 bits per heavy atom. The van der Waals surface area contributed by atoms with Gasteiger partial charge in [0.05, 0.1) is 11.3 Å². The van der Waals surface area contributed by atoms with Crippen molar-refractivity contribution in [2.45, 2.75) is 25.8 Å². The van der Waals surface area contributed by atoms with Gasteiger partial charge in [-0.2, -0.15) is 5.26 Å². The van der Waals surface area contributed by atoms with E-state index in [0.717, 1.165) is 17.3 Å². The van der Waals surface area contributed by atoms with Crippen molar-refractivity contribution in [1.29, 1.82) is 5.26 Å². The summed E-state index contributed by atoms with van der Waals surface area (Å²) in [6.07, 6.45) is 0. The van der Waals surface area contributed by atoms with Crippen molar-refractivity contribution in [1.82, 2.24) is 4.98 Å². The van der Waals surface area contributed by atoms with Gasteiger partial charge in [-0.05, 0) is 44.5 Å². The second-order valence-electron chi connectivity index (χ2n) is 5.39. The highest BCUT2D eigenvalue weighted by Crippen LogP contribution is 2.25. The summed E-state index contributed by atoms with van der Waals surface area (Å²) in [7, 11) is 0. The van der Waals surface area contributed by atoms with E-state index in [1.807, 2.05) is 13.0 Å². The summed E-state index contributed by atoms with van der Waals surface area (Å²) in [4.78, 5) is 28.0. The largest absolute Gasteiger partial charge is 0.325 e. The lowest BCUT2D eigenvalue weighted by Crippen LogP contribution is -2.15. The van der Waals surface area contributed by atoms with Crippen molar-refractivity contribution in [3.8, 4) is 6.07 Å². The lowest BCUT2D eigenvalue weighted by atomic mass is 10.1. The molecule has 0 aliphatic carbocycles. The average molecular weight is 374 g/mol. The average Bonchev–Trinajstić information content (AvgIpc) is 2.57. The molecule has 0 unspecified atom stereocenters. The van der Waals surface area contributed by atoms with E-state index in [-0.39, 0.29) is 23.0 Å². The Morgan fingerprint density at radius 2 is 2.08 bits per heavy atom. The predicted octanol–water partition coefficient (Wildman–Crippen LogP) is 4.16. The number of benzene rings is 1. The Bertz CT molecular complexity index is 891. The van der Waals surface area contributed by atoms with Crippen molar-refractivity contribution < 1.29 is 9.59 Å². The molecular formula is C18H16ClN3O2S. The highest BCUT2D eigenvalue weighted by atomic mass is 35.5. The number of amides is 1. The summed E-state index contributed by atoms with van der Waals surface area (Å²) in [6, 6.07) is 8.83. The number of ketones is 1. The van der Waals surface area contributed by atoms with Gasteiger partial charge in [-0.25, -0.2) is 4.98 Å². The van der Waals surface area contributed by atoms with Gasteiger partial charge in [0.25, 0.3) is 0 Å². The third-order valence-electron chi connectivity index (χ3n) is 3.56. The molecule has 0 saturated heterocycles. The number of aromatic nitrogens is 1. The third-order valence-corrected chi connectivity index (χ3v) is 4.96. The number of nitrogens with one attached hydrogen (secondary N) is 1. The molecule has 1 N–H and O–H groups in total. The fraction of sp³-hybridized carbons (Fsp3) is 0.222. The number of anilines is 1. The van der Waals surface area contributed by atoms with Crippen LogP contribution in [0.5, 0.6) is 0 Å². The van der Waals surface area contributed by atoms with Gasteiger partial charge in [0.1, 0.15) is 11.1 Å². The van der Waals surface area contributed by atoms with Gasteiger partial charge in [-0.15, -0.1) is 0 Å². The standard InChI is InChI=1S/C18H16ClN3O2S/c1-10-15(19)5-4-6-16(10)22-17(24)9-25-18-13(8-20)7-14(12(3)23)11(2)21-18/h4-7H,9H2,1-3H3,(H,22,24). The number of hydrogen-bond donors (Lipinski definition) is 1. The highest BCUT2D eigenvalue weighted by Gasteiger charge is 2.14. The fourth-order valence-electron chi connectivity index (χ4n) is 2.19. The highest BCUT2D eigenvalue weighted by molar-refractivity contribution is 8.00. The maximum Gasteiger partial charge on any atom is 0.234 e. The molecule has 0 spiro atoms. The van der Waals surface area contributed by atoms with Crippen LogP contribution in [0.1, 0.15) is 34.1 Å². The number of aryl methyl sites for hydroxylation is 1. The monoisotopic (exact) mass is 373 g/mol. The first-order valence-electron chi connectivity index (χ1n) is 7.44. The lowest BCUT2D eigenvalue weighted by Gasteiger charge is -2.10. The normalized spacial score (nSPS) is 10.2. The Kier molecular flexibility index (Phi) is 6.18. The SMILES string of the molecule is CC(=O)c1cc(C#N)c(SCC(=O)Nc2cccc(Cl)c2C)nc1C. The van der Waals surface area contributed by atoms with Crippen LogP contribution in [0.3, 0.4) is 0 Å². The van der Waals surface area contributed by atoms with Crippen LogP contribution >= 0.6 is 23.4 Å². The molecule has 128 valence electrons. The molecule has 0 radical (unpaired) electrons. The number of hydrogen-bond acceptors (Lipinski definition) is 5. The topological polar surface area (TPSA) is 82.8 Å². The van der Waals surface area contributed by atoms with Crippen molar-refractivity contribution in [2.75, 3.05) is 11.1 Å². The molecule has 0 aliphatic rings. The fourth-order valence-corrected chi connectivity index (χ4v) is 3.17. The van der Waals surface area contributed by atoms with Crippen molar-refractivity contribution in [2.24, 2.45) is 0 Å². The van der Waals surface area contributed by atoms with Gasteiger partial charge >= 0.3 is 0 Å². The lowest BCUT2D eigenvalue weighted by molar-refractivity contribution is -0.113. The Hall–Kier alpha value is -2.36. The smallest absolute Gasteiger partial charge is 0.234 e. The molecule has 7 heteroatoms. The van der Waals surface area contributed by atoms with Gasteiger partial charge in [0.2, 0.25) is 5.91 Å². The van der Waals surface area contributed by atoms with Crippen LogP contribution < -0.4 is 5.32 Å². The summed E-state index contributed by atoms with van der Waals surface area (Å²) in [6.45, 7) is 4.96. The van der Waals surface area contributed by atoms with E-state index in [0.29, 0.717) is 27.0 Å². The Labute approximate surface area is 155 Å². The number of thioether (sulfide) groups is 1. The molecule has 1 heterocycles. The minimum Gasteiger partial charge on any atom is -0.325 e. The molecule has 1 aromatic heterocycles. The minimum absolute atomic E-state index is 0.0898. The summed E-state index contributed by atoms with van der Waals surface area (Å²) in [5, 5.41) is 13.1. The number of carbonyl (C=O) groups excluding carboxylic acids is 2. The molecule has 1 aromatic carbocycles. The number of pyridine rings is 1. The van der Waals surface area contributed by atoms with Crippen LogP contribution in [0.2, 0.25) is 5.02 Å². The zero-order chi connectivity index (χ0) is 18.6. The van der Waals surface area contributed by atoms with Crippen LogP contribution in [0.15, 0.2) is 29.3 Å². The first kappa shape index (κ1) is 19.0. The van der Waals surface area contributed by atoms with Crippen LogP contribution in [0, 0.1) is 25.2 Å². The first-order valence-corrected chi connectivity index (χ1v) is 8.80. The second-order valence-corrected chi connectivity index (χ2v) is 6.76. The predicted molar refractivity (Wildman–Crippen MR) is 99.2 cm³/mol. The maximum atomic E-state index is 12.2. The molecule has 2 aromatic rings. The van der Waals surface area contributed by atoms with E-state index in [4.69, 9.17) is 11.6 Å². The van der Waals surface area contributed by atoms with Crippen LogP contribution in [0.4, 0.5) is 5.69 Å². The van der Waals surface area contributed by atoms with Gasteiger partial charge in [-0.1, -0.05) is 29.4 Å². The number of nitrogens with zero attached hydrogens (tertiary/aromatic N) is 2. The number of nitriles is 1. The summed E-state index contributed by atoms with van der Waals surface area (Å²) < 4.78 is 0. The molecule has 0 aliphatic heterocycles. The second kappa shape index (κ2) is 8.15. The number of halogens is 1.